The maximum atomic E-state index is 6.15. The number of benzene rings is 2. The molecule has 0 saturated carbocycles. The Bertz CT molecular complexity index is 1050. The third-order valence-electron chi connectivity index (χ3n) is 4.27. The van der Waals surface area contributed by atoms with Crippen LogP contribution in [0.15, 0.2) is 48.7 Å². The van der Waals surface area contributed by atoms with Crippen molar-refractivity contribution in [1.29, 1.82) is 0 Å². The molecule has 0 unspecified atom stereocenters. The van der Waals surface area contributed by atoms with Crippen LogP contribution in [0, 0.1) is 6.92 Å². The molecule has 4 nitrogen and oxygen atoms in total. The van der Waals surface area contributed by atoms with Gasteiger partial charge in [0.2, 0.25) is 0 Å². The molecule has 4 aromatic rings. The maximum Gasteiger partial charge on any atom is 0.137 e. The van der Waals surface area contributed by atoms with Gasteiger partial charge in [0.15, 0.2) is 0 Å². The first kappa shape index (κ1) is 15.9. The van der Waals surface area contributed by atoms with Crippen LogP contribution in [0.2, 0.25) is 5.02 Å². The average molecular weight is 353 g/mol. The van der Waals surface area contributed by atoms with Crippen molar-refractivity contribution < 1.29 is 9.47 Å². The fraction of sp³-hybridized carbons (Fsp3) is 0.150. The van der Waals surface area contributed by atoms with Gasteiger partial charge in [-0.3, -0.25) is 4.98 Å². The Morgan fingerprint density at radius 1 is 1.04 bits per heavy atom. The predicted octanol–water partition coefficient (Wildman–Crippen LogP) is 5.62. The van der Waals surface area contributed by atoms with Crippen LogP contribution in [-0.4, -0.2) is 17.1 Å². The third kappa shape index (κ3) is 2.84. The first-order valence-corrected chi connectivity index (χ1v) is 8.36. The molecule has 0 radical (unpaired) electrons. The average Bonchev–Trinajstić information content (AvgIpc) is 2.99. The number of nitrogens with one attached hydrogen (secondary N) is 1. The van der Waals surface area contributed by atoms with Crippen LogP contribution >= 0.6 is 11.6 Å². The van der Waals surface area contributed by atoms with E-state index < -0.39 is 0 Å². The Hall–Kier alpha value is -2.56. The van der Waals surface area contributed by atoms with Crippen molar-refractivity contribution in [3.63, 3.8) is 0 Å². The second-order valence-electron chi connectivity index (χ2n) is 5.90. The number of methoxy groups -OCH3 is 1. The number of aromatic amines is 1. The van der Waals surface area contributed by atoms with Gasteiger partial charge in [-0.2, -0.15) is 0 Å². The number of halogens is 1. The molecule has 0 spiro atoms. The summed E-state index contributed by atoms with van der Waals surface area (Å²) in [4.78, 5) is 7.90. The molecule has 0 atom stereocenters. The predicted molar refractivity (Wildman–Crippen MR) is 101 cm³/mol. The Kier molecular flexibility index (Phi) is 4.07. The molecule has 0 aliphatic heterocycles. The van der Waals surface area contributed by atoms with Crippen molar-refractivity contribution in [2.24, 2.45) is 0 Å². The summed E-state index contributed by atoms with van der Waals surface area (Å²) >= 11 is 5.96. The Morgan fingerprint density at radius 3 is 2.60 bits per heavy atom. The number of hydrogen-bond donors (Lipinski definition) is 1. The largest absolute Gasteiger partial charge is 0.457 e. The van der Waals surface area contributed by atoms with Gasteiger partial charge in [0, 0.05) is 28.8 Å². The Balaban J connectivity index is 1.95. The summed E-state index contributed by atoms with van der Waals surface area (Å²) in [6, 6.07) is 13.3. The van der Waals surface area contributed by atoms with Gasteiger partial charge in [0.25, 0.3) is 0 Å². The van der Waals surface area contributed by atoms with E-state index >= 15 is 0 Å². The summed E-state index contributed by atoms with van der Waals surface area (Å²) < 4.78 is 11.5. The van der Waals surface area contributed by atoms with E-state index in [2.05, 4.69) is 9.97 Å². The van der Waals surface area contributed by atoms with Gasteiger partial charge in [-0.1, -0.05) is 17.7 Å². The lowest BCUT2D eigenvalue weighted by Crippen LogP contribution is -1.96. The highest BCUT2D eigenvalue weighted by Gasteiger charge is 2.16. The number of pyridine rings is 1. The van der Waals surface area contributed by atoms with Gasteiger partial charge in [-0.15, -0.1) is 0 Å². The van der Waals surface area contributed by atoms with Crippen molar-refractivity contribution in [3.8, 4) is 11.5 Å². The zero-order valence-electron chi connectivity index (χ0n) is 14.0. The number of H-pyrrole nitrogens is 1. The monoisotopic (exact) mass is 352 g/mol. The zero-order valence-corrected chi connectivity index (χ0v) is 14.7. The van der Waals surface area contributed by atoms with Gasteiger partial charge in [0.1, 0.15) is 11.5 Å². The first-order valence-electron chi connectivity index (χ1n) is 7.98. The molecule has 0 amide bonds. The SMILES string of the molecule is COCc1c(C)ncc2[nH]c3cccc(Oc4ccc(Cl)cc4)c3c12. The van der Waals surface area contributed by atoms with E-state index in [1.165, 1.54) is 0 Å². The molecule has 4 rings (SSSR count). The molecule has 25 heavy (non-hydrogen) atoms. The topological polar surface area (TPSA) is 47.1 Å². The lowest BCUT2D eigenvalue weighted by molar-refractivity contribution is 0.185. The van der Waals surface area contributed by atoms with Crippen molar-refractivity contribution in [2.75, 3.05) is 7.11 Å². The number of nitrogens with zero attached hydrogens (tertiary/aromatic N) is 1. The van der Waals surface area contributed by atoms with Crippen LogP contribution < -0.4 is 4.74 Å². The van der Waals surface area contributed by atoms with Gasteiger partial charge >= 0.3 is 0 Å². The number of fused-ring (bicyclic) bond motifs is 3. The van der Waals surface area contributed by atoms with Gasteiger partial charge in [-0.05, 0) is 43.3 Å². The number of hydrogen-bond acceptors (Lipinski definition) is 3. The van der Waals surface area contributed by atoms with E-state index in [1.807, 2.05) is 55.6 Å². The molecule has 0 bridgehead atoms. The van der Waals surface area contributed by atoms with Gasteiger partial charge in [0.05, 0.1) is 29.2 Å². The fourth-order valence-electron chi connectivity index (χ4n) is 3.10. The van der Waals surface area contributed by atoms with Crippen molar-refractivity contribution >= 4 is 33.4 Å². The Morgan fingerprint density at radius 2 is 1.84 bits per heavy atom. The molecule has 0 saturated heterocycles. The molecule has 2 heterocycles. The van der Waals surface area contributed by atoms with Crippen molar-refractivity contribution in [2.45, 2.75) is 13.5 Å². The molecule has 0 aliphatic carbocycles. The zero-order chi connectivity index (χ0) is 17.4. The molecule has 0 aliphatic rings. The van der Waals surface area contributed by atoms with E-state index in [0.717, 1.165) is 44.6 Å². The van der Waals surface area contributed by atoms with Crippen LogP contribution in [0.1, 0.15) is 11.3 Å². The minimum atomic E-state index is 0.498. The normalized spacial score (nSPS) is 11.3. The minimum Gasteiger partial charge on any atom is -0.457 e. The number of rotatable bonds is 4. The van der Waals surface area contributed by atoms with E-state index in [0.29, 0.717) is 11.6 Å². The molecular weight excluding hydrogens is 336 g/mol. The van der Waals surface area contributed by atoms with E-state index in [4.69, 9.17) is 21.1 Å². The summed E-state index contributed by atoms with van der Waals surface area (Å²) in [6.45, 7) is 2.49. The summed E-state index contributed by atoms with van der Waals surface area (Å²) in [7, 11) is 1.69. The smallest absolute Gasteiger partial charge is 0.137 e. The quantitative estimate of drug-likeness (QED) is 0.518. The third-order valence-corrected chi connectivity index (χ3v) is 4.52. The molecule has 2 aromatic heterocycles. The van der Waals surface area contributed by atoms with Crippen LogP contribution in [0.25, 0.3) is 21.8 Å². The number of aryl methyl sites for hydroxylation is 1. The molecule has 2 aromatic carbocycles. The van der Waals surface area contributed by atoms with E-state index in [9.17, 15) is 0 Å². The molecule has 1 N–H and O–H groups in total. The van der Waals surface area contributed by atoms with Crippen LogP contribution in [-0.2, 0) is 11.3 Å². The summed E-state index contributed by atoms with van der Waals surface area (Å²) in [5, 5.41) is 2.81. The highest BCUT2D eigenvalue weighted by molar-refractivity contribution is 6.30. The summed E-state index contributed by atoms with van der Waals surface area (Å²) in [6.07, 6.45) is 1.86. The first-order chi connectivity index (χ1) is 12.2. The maximum absolute atomic E-state index is 6.15. The van der Waals surface area contributed by atoms with Gasteiger partial charge < -0.3 is 14.5 Å². The standard InChI is InChI=1S/C20H17ClN2O2/c1-12-15(11-24-2)19-17(10-22-12)23-16-4-3-5-18(20(16)19)25-14-8-6-13(21)7-9-14/h3-10,23H,11H2,1-2H3. The molecule has 5 heteroatoms. The van der Waals surface area contributed by atoms with Crippen LogP contribution in [0.4, 0.5) is 0 Å². The van der Waals surface area contributed by atoms with E-state index in [-0.39, 0.29) is 0 Å². The summed E-state index contributed by atoms with van der Waals surface area (Å²) in [5.41, 5.74) is 4.00. The molecular formula is C20H17ClN2O2. The van der Waals surface area contributed by atoms with E-state index in [1.54, 1.807) is 7.11 Å². The number of ether oxygens (including phenoxy) is 2. The second-order valence-corrected chi connectivity index (χ2v) is 6.34. The fourth-order valence-corrected chi connectivity index (χ4v) is 3.23. The number of aromatic nitrogens is 2. The lowest BCUT2D eigenvalue weighted by Gasteiger charge is -2.10. The molecule has 0 fully saturated rings. The Labute approximate surface area is 150 Å². The second kappa shape index (κ2) is 6.39. The highest BCUT2D eigenvalue weighted by atomic mass is 35.5. The molecule has 126 valence electrons. The highest BCUT2D eigenvalue weighted by Crippen LogP contribution is 2.38. The van der Waals surface area contributed by atoms with Crippen LogP contribution in [0.3, 0.4) is 0 Å². The van der Waals surface area contributed by atoms with Crippen molar-refractivity contribution in [3.05, 3.63) is 64.9 Å². The van der Waals surface area contributed by atoms with Crippen molar-refractivity contribution in [1.82, 2.24) is 9.97 Å². The van der Waals surface area contributed by atoms with Gasteiger partial charge in [-0.25, -0.2) is 0 Å². The minimum absolute atomic E-state index is 0.498. The van der Waals surface area contributed by atoms with Crippen LogP contribution in [0.5, 0.6) is 11.5 Å². The lowest BCUT2D eigenvalue weighted by atomic mass is 10.1. The summed E-state index contributed by atoms with van der Waals surface area (Å²) in [5.74, 6) is 1.53.